The van der Waals surface area contributed by atoms with Crippen molar-refractivity contribution in [2.45, 2.75) is 89.5 Å². The number of anilines is 2. The lowest BCUT2D eigenvalue weighted by Crippen LogP contribution is -2.37. The fraction of sp³-hybridized carbons (Fsp3) is 0.391. The second-order valence-electron chi connectivity index (χ2n) is 15.6. The Kier molecular flexibility index (Phi) is 11.9. The van der Waals surface area contributed by atoms with Crippen molar-refractivity contribution in [3.05, 3.63) is 94.5 Å². The number of carbonyl (C=O) groups excluding carboxylic acids is 2. The number of thiol groups is 1. The predicted octanol–water partition coefficient (Wildman–Crippen LogP) is 8.91. The Balaban J connectivity index is 1.02. The number of ether oxygens (including phenoxy) is 2. The molecule has 4 aromatic carbocycles. The van der Waals surface area contributed by atoms with E-state index in [9.17, 15) is 9.59 Å². The number of amides is 2. The van der Waals surface area contributed by atoms with Gasteiger partial charge in [0.15, 0.2) is 0 Å². The van der Waals surface area contributed by atoms with Gasteiger partial charge in [-0.1, -0.05) is 58.0 Å². The first-order valence-electron chi connectivity index (χ1n) is 19.9. The Morgan fingerprint density at radius 2 is 1.54 bits per heavy atom. The Hall–Kier alpha value is -5.09. The zero-order chi connectivity index (χ0) is 39.4. The molecule has 0 aliphatic carbocycles. The van der Waals surface area contributed by atoms with Crippen LogP contribution >= 0.6 is 12.6 Å². The van der Waals surface area contributed by atoms with Gasteiger partial charge in [-0.2, -0.15) is 12.6 Å². The van der Waals surface area contributed by atoms with Crippen molar-refractivity contribution >= 4 is 60.1 Å². The topological polar surface area (TPSA) is 95.8 Å². The summed E-state index contributed by atoms with van der Waals surface area (Å²) >= 11 is 4.69. The number of carbonyl (C=O) groups is 2. The van der Waals surface area contributed by atoms with E-state index in [2.05, 4.69) is 94.0 Å². The van der Waals surface area contributed by atoms with Crippen molar-refractivity contribution in [1.29, 1.82) is 0 Å². The molecule has 0 saturated carbocycles. The van der Waals surface area contributed by atoms with E-state index in [1.807, 2.05) is 47.7 Å². The second kappa shape index (κ2) is 17.0. The molecule has 7 rings (SSSR count). The van der Waals surface area contributed by atoms with Crippen molar-refractivity contribution in [2.24, 2.45) is 9.98 Å². The number of hydrogen-bond donors (Lipinski definition) is 2. The Labute approximate surface area is 336 Å². The molecule has 1 unspecified atom stereocenters. The third-order valence-corrected chi connectivity index (χ3v) is 11.2. The Morgan fingerprint density at radius 3 is 2.23 bits per heavy atom. The minimum Gasteiger partial charge on any atom is -0.493 e. The minimum atomic E-state index is -0.195. The first kappa shape index (κ1) is 39.2. The number of aryl methyl sites for hydroxylation is 2. The molecule has 3 aliphatic rings. The van der Waals surface area contributed by atoms with Gasteiger partial charge in [-0.15, -0.1) is 0 Å². The van der Waals surface area contributed by atoms with Gasteiger partial charge < -0.3 is 19.7 Å². The third-order valence-electron chi connectivity index (χ3n) is 11.0. The van der Waals surface area contributed by atoms with Gasteiger partial charge in [-0.25, -0.2) is 0 Å². The molecule has 0 bridgehead atoms. The quantitative estimate of drug-likeness (QED) is 0.0716. The number of fused-ring (bicyclic) bond motifs is 7. The maximum Gasteiger partial charge on any atom is 0.261 e. The van der Waals surface area contributed by atoms with Crippen LogP contribution in [0.3, 0.4) is 0 Å². The number of aliphatic imine (C=N–C) groups is 2. The molecule has 9 nitrogen and oxygen atoms in total. The zero-order valence-electron chi connectivity index (χ0n) is 33.2. The van der Waals surface area contributed by atoms with E-state index in [4.69, 9.17) is 19.5 Å². The van der Waals surface area contributed by atoms with Crippen LogP contribution in [0.4, 0.5) is 22.7 Å². The van der Waals surface area contributed by atoms with Crippen molar-refractivity contribution in [1.82, 2.24) is 5.32 Å². The van der Waals surface area contributed by atoms with E-state index in [0.29, 0.717) is 37.3 Å². The summed E-state index contributed by atoms with van der Waals surface area (Å²) in [5.74, 6) is 1.51. The standard InChI is InChI=1S/C46H53N5O4S/c1-6-30-22-38-37-13-9-8-12-32(37)20-34(49-29-52)27-47-40(38)25-43(30)54-18-11-19-55-44-26-41-39(23-31(44)7-2)45(53)51-36(28-48-41)21-33-14-15-35(24-42(33)51)50(5)17-10-16-46(3,4)56/h8-9,12-15,22-29,34,36,56H,6-7,10-11,16-21H2,1-5H3,(H,49,52)/b47-27-/t34?,36-/m0/s1. The molecular weight excluding hydrogens is 719 g/mol. The zero-order valence-corrected chi connectivity index (χ0v) is 34.1. The van der Waals surface area contributed by atoms with Gasteiger partial charge in [0.05, 0.1) is 47.9 Å². The van der Waals surface area contributed by atoms with Crippen molar-refractivity contribution in [3.8, 4) is 22.6 Å². The largest absolute Gasteiger partial charge is 0.493 e. The van der Waals surface area contributed by atoms with Crippen LogP contribution in [0.5, 0.6) is 11.5 Å². The van der Waals surface area contributed by atoms with Crippen molar-refractivity contribution in [2.75, 3.05) is 36.6 Å². The van der Waals surface area contributed by atoms with Crippen molar-refractivity contribution in [3.63, 3.8) is 0 Å². The van der Waals surface area contributed by atoms with E-state index in [-0.39, 0.29) is 22.7 Å². The molecular formula is C46H53N5O4S. The highest BCUT2D eigenvalue weighted by Crippen LogP contribution is 2.42. The SMILES string of the molecule is CCc1cc2c(cc1OCCCOc1cc3c(cc1CC)-c1ccccc1CC(NC=O)/C=N\3)N=C[C@@H]1Cc3ccc(N(C)CCCC(C)(C)S)cc3N1C2=O. The summed E-state index contributed by atoms with van der Waals surface area (Å²) in [6.07, 6.45) is 10.1. The molecule has 2 atom stereocenters. The van der Waals surface area contributed by atoms with Gasteiger partial charge in [0.25, 0.3) is 5.91 Å². The number of benzene rings is 4. The lowest BCUT2D eigenvalue weighted by molar-refractivity contribution is -0.109. The summed E-state index contributed by atoms with van der Waals surface area (Å²) in [4.78, 5) is 39.4. The van der Waals surface area contributed by atoms with E-state index >= 15 is 0 Å². The van der Waals surface area contributed by atoms with Gasteiger partial charge in [0.2, 0.25) is 6.41 Å². The molecule has 3 heterocycles. The maximum atomic E-state index is 14.3. The smallest absolute Gasteiger partial charge is 0.261 e. The molecule has 2 amide bonds. The van der Waals surface area contributed by atoms with Crippen molar-refractivity contribution < 1.29 is 19.1 Å². The molecule has 1 N–H and O–H groups in total. The monoisotopic (exact) mass is 771 g/mol. The Morgan fingerprint density at radius 1 is 0.857 bits per heavy atom. The highest BCUT2D eigenvalue weighted by Gasteiger charge is 2.37. The van der Waals surface area contributed by atoms with Crippen LogP contribution in [0.25, 0.3) is 11.1 Å². The van der Waals surface area contributed by atoms with Gasteiger partial charge >= 0.3 is 0 Å². The lowest BCUT2D eigenvalue weighted by Gasteiger charge is -2.25. The number of rotatable bonds is 15. The van der Waals surface area contributed by atoms with E-state index in [0.717, 1.165) is 107 Å². The first-order chi connectivity index (χ1) is 27.1. The summed E-state index contributed by atoms with van der Waals surface area (Å²) in [5, 5.41) is 2.87. The Bertz CT molecular complexity index is 2160. The van der Waals surface area contributed by atoms with Crippen LogP contribution in [0.1, 0.15) is 79.6 Å². The lowest BCUT2D eigenvalue weighted by atomic mass is 9.91. The van der Waals surface area contributed by atoms with Crippen LogP contribution in [0.2, 0.25) is 0 Å². The van der Waals surface area contributed by atoms with Gasteiger partial charge in [0.1, 0.15) is 11.5 Å². The number of nitrogens with zero attached hydrogens (tertiary/aromatic N) is 4. The molecule has 0 saturated heterocycles. The highest BCUT2D eigenvalue weighted by atomic mass is 32.1. The number of hydrogen-bond acceptors (Lipinski definition) is 8. The van der Waals surface area contributed by atoms with Crippen LogP contribution in [-0.4, -0.2) is 68.4 Å². The fourth-order valence-corrected chi connectivity index (χ4v) is 8.08. The molecule has 3 aliphatic heterocycles. The molecule has 4 aromatic rings. The fourth-order valence-electron chi connectivity index (χ4n) is 7.92. The average Bonchev–Trinajstić information content (AvgIpc) is 3.49. The highest BCUT2D eigenvalue weighted by molar-refractivity contribution is 7.81. The molecule has 0 radical (unpaired) electrons. The molecule has 0 fully saturated rings. The summed E-state index contributed by atoms with van der Waals surface area (Å²) in [7, 11) is 2.11. The average molecular weight is 772 g/mol. The first-order valence-corrected chi connectivity index (χ1v) is 20.4. The van der Waals surface area contributed by atoms with Gasteiger partial charge in [-0.3, -0.25) is 24.5 Å². The minimum absolute atomic E-state index is 0.00301. The van der Waals surface area contributed by atoms with E-state index in [1.54, 1.807) is 0 Å². The van der Waals surface area contributed by atoms with E-state index in [1.165, 1.54) is 0 Å². The van der Waals surface area contributed by atoms with Gasteiger partial charge in [0, 0.05) is 67.0 Å². The molecule has 292 valence electrons. The summed E-state index contributed by atoms with van der Waals surface area (Å²) in [5.41, 5.74) is 10.7. The van der Waals surface area contributed by atoms with Crippen LogP contribution in [-0.2, 0) is 30.5 Å². The summed E-state index contributed by atoms with van der Waals surface area (Å²) in [6, 6.07) is 22.5. The van der Waals surface area contributed by atoms with E-state index < -0.39 is 0 Å². The number of nitrogens with one attached hydrogen (secondary N) is 1. The second-order valence-corrected chi connectivity index (χ2v) is 16.8. The molecule has 10 heteroatoms. The summed E-state index contributed by atoms with van der Waals surface area (Å²) < 4.78 is 12.7. The normalized spacial score (nSPS) is 17.3. The third kappa shape index (κ3) is 8.50. The summed E-state index contributed by atoms with van der Waals surface area (Å²) in [6.45, 7) is 10.3. The van der Waals surface area contributed by atoms with Crippen LogP contribution in [0, 0.1) is 0 Å². The molecule has 56 heavy (non-hydrogen) atoms. The maximum absolute atomic E-state index is 14.3. The van der Waals surface area contributed by atoms with Crippen LogP contribution in [0.15, 0.2) is 76.7 Å². The van der Waals surface area contributed by atoms with Crippen LogP contribution < -0.4 is 24.6 Å². The molecule has 0 spiro atoms. The molecule has 0 aromatic heterocycles. The predicted molar refractivity (Wildman–Crippen MR) is 232 cm³/mol. The van der Waals surface area contributed by atoms with Gasteiger partial charge in [-0.05, 0) is 84.2 Å².